The molecule has 2 atom stereocenters. The van der Waals surface area contributed by atoms with Crippen molar-refractivity contribution >= 4 is 78.2 Å². The Balaban J connectivity index is 0.667. The van der Waals surface area contributed by atoms with Gasteiger partial charge in [0.05, 0.1) is 21.7 Å². The zero-order chi connectivity index (χ0) is 63.1. The predicted molar refractivity (Wildman–Crippen MR) is 336 cm³/mol. The second-order valence-corrected chi connectivity index (χ2v) is 31.2. The Hall–Kier alpha value is -6.31. The lowest BCUT2D eigenvalue weighted by Gasteiger charge is -2.72. The van der Waals surface area contributed by atoms with Gasteiger partial charge in [0.2, 0.25) is 11.8 Å². The third kappa shape index (κ3) is 14.1. The number of sulfone groups is 1. The van der Waals surface area contributed by atoms with Crippen molar-refractivity contribution < 1.29 is 54.0 Å². The Morgan fingerprint density at radius 1 is 0.753 bits per heavy atom. The van der Waals surface area contributed by atoms with Crippen LogP contribution in [0.5, 0.6) is 0 Å². The lowest BCUT2D eigenvalue weighted by molar-refractivity contribution is -0.167. The Kier molecular flexibility index (Phi) is 18.6. The number of rotatable bonds is 24. The van der Waals surface area contributed by atoms with Crippen LogP contribution in [0, 0.1) is 16.2 Å². The average Bonchev–Trinajstić information content (AvgIpc) is 1.29. The van der Waals surface area contributed by atoms with E-state index in [1.807, 2.05) is 35.1 Å². The van der Waals surface area contributed by atoms with Crippen molar-refractivity contribution in [2.45, 2.75) is 130 Å². The second kappa shape index (κ2) is 25.8. The molecule has 89 heavy (non-hydrogen) atoms. The number of anilines is 3. The van der Waals surface area contributed by atoms with Gasteiger partial charge >= 0.3 is 5.51 Å². The summed E-state index contributed by atoms with van der Waals surface area (Å²) in [5, 5.41) is 8.57. The Bertz CT molecular complexity index is 3610. The van der Waals surface area contributed by atoms with E-state index in [1.54, 1.807) is 41.5 Å². The first kappa shape index (κ1) is 64.2. The Labute approximate surface area is 524 Å². The largest absolute Gasteiger partial charge is 0.501 e. The number of unbranched alkanes of at least 4 members (excludes halogenated alkanes) is 2. The topological polar surface area (TPSA) is 218 Å². The van der Waals surface area contributed by atoms with Gasteiger partial charge in [0.15, 0.2) is 0 Å². The first-order chi connectivity index (χ1) is 42.3. The number of hydrogen-bond donors (Lipinski definition) is 4. The summed E-state index contributed by atoms with van der Waals surface area (Å²) in [6.45, 7) is 16.4. The summed E-state index contributed by atoms with van der Waals surface area (Å²) >= 11 is 1.44. The number of alkyl halides is 3. The maximum absolute atomic E-state index is 14.5. The van der Waals surface area contributed by atoms with Crippen LogP contribution in [0.2, 0.25) is 0 Å². The van der Waals surface area contributed by atoms with Crippen LogP contribution in [0.3, 0.4) is 0 Å². The van der Waals surface area contributed by atoms with Gasteiger partial charge in [-0.1, -0.05) is 62.6 Å². The van der Waals surface area contributed by atoms with Gasteiger partial charge in [-0.15, -0.1) is 11.8 Å². The molecule has 4 aliphatic carbocycles. The molecule has 2 bridgehead atoms. The summed E-state index contributed by atoms with van der Waals surface area (Å²) in [6.07, 6.45) is 10.6. The minimum atomic E-state index is -6.12. The maximum atomic E-state index is 14.5. The quantitative estimate of drug-likeness (QED) is 0.0222. The minimum Gasteiger partial charge on any atom is -0.384 e. The molecule has 478 valence electrons. The van der Waals surface area contributed by atoms with Gasteiger partial charge in [0.1, 0.15) is 10.9 Å². The SMILES string of the molecule is CC1(C)CCC(CN2CCN(c3ccc(C(=O)NS(=O)(=O)c4ccc(N[C@H](CCN5CCN(CCCCCNc6cccc7c6C(=O)N(C6CCC(=O)NC6=O)C7=O)CC5)CSc5ccccc5)c(S(=O)(=O)C(F)(F)F)c4)cc3)CC2)=C(C23CC(C)(C2)C3)C1. The number of sulfonamides is 1. The molecule has 3 saturated carbocycles. The van der Waals surface area contributed by atoms with E-state index in [-0.39, 0.29) is 29.5 Å². The maximum Gasteiger partial charge on any atom is 0.501 e. The smallest absolute Gasteiger partial charge is 0.384 e. The fourth-order valence-electron chi connectivity index (χ4n) is 14.5. The third-order valence-electron chi connectivity index (χ3n) is 19.2. The fraction of sp³-hybridized carbons (Fsp3) is 0.523. The molecule has 1 unspecified atom stereocenters. The molecule has 5 amide bonds. The van der Waals surface area contributed by atoms with Crippen molar-refractivity contribution in [3.05, 3.63) is 119 Å². The fourth-order valence-corrected chi connectivity index (χ4v) is 17.6. The first-order valence-corrected chi connectivity index (χ1v) is 35.0. The molecule has 12 rings (SSSR count). The molecule has 24 heteroatoms. The summed E-state index contributed by atoms with van der Waals surface area (Å²) in [4.78, 5) is 73.6. The van der Waals surface area contributed by atoms with E-state index >= 15 is 0 Å². The van der Waals surface area contributed by atoms with Crippen LogP contribution in [-0.2, 0) is 29.4 Å². The highest BCUT2D eigenvalue weighted by atomic mass is 32.2. The number of piperazine rings is 2. The highest BCUT2D eigenvalue weighted by molar-refractivity contribution is 7.99. The molecule has 3 saturated heterocycles. The van der Waals surface area contributed by atoms with E-state index in [1.165, 1.54) is 56.0 Å². The van der Waals surface area contributed by atoms with E-state index in [2.05, 4.69) is 56.3 Å². The molecule has 8 aliphatic rings. The number of fused-ring (bicyclic) bond motifs is 1. The molecule has 6 fully saturated rings. The lowest BCUT2D eigenvalue weighted by Crippen LogP contribution is -2.61. The first-order valence-electron chi connectivity index (χ1n) is 31.1. The standard InChI is InChI=1S/C65H80F3N9O9S3/c1-62(2)25-23-45(51(38-62)64-41-63(3,42-64)43-64)39-75-33-35-76(36-34-75)47-17-15-44(16-18-47)58(79)72-89(85,86)49-19-20-52(55(37-49)88(83,84)65(66,67)68)70-46(40-87-48-11-6-4-7-12-48)24-28-74-31-29-73(30-32-74)27-9-5-8-26-69-53-14-10-13-50-57(53)61(82)77(60(50)81)54-21-22-56(78)71-59(54)80/h4,6-7,10-20,37,46,54,69-70H,5,8-9,21-36,38-43H2,1-3H3,(H,72,79)(H,71,78,80)/t46-,54?,63?,64?/m1/s1. The van der Waals surface area contributed by atoms with E-state index in [9.17, 15) is 54.0 Å². The molecule has 4 N–H and O–H groups in total. The zero-order valence-corrected chi connectivity index (χ0v) is 53.2. The zero-order valence-electron chi connectivity index (χ0n) is 50.8. The average molecular weight is 1280 g/mol. The van der Waals surface area contributed by atoms with Crippen molar-refractivity contribution in [3.8, 4) is 0 Å². The van der Waals surface area contributed by atoms with Crippen LogP contribution in [0.25, 0.3) is 0 Å². The van der Waals surface area contributed by atoms with Crippen molar-refractivity contribution in [1.29, 1.82) is 0 Å². The van der Waals surface area contributed by atoms with Gasteiger partial charge in [0.25, 0.3) is 37.6 Å². The molecule has 4 aromatic carbocycles. The van der Waals surface area contributed by atoms with Gasteiger partial charge in [0, 0.05) is 112 Å². The number of halogens is 3. The summed E-state index contributed by atoms with van der Waals surface area (Å²) in [5.41, 5.74) is 0.271. The Morgan fingerprint density at radius 3 is 2.11 bits per heavy atom. The van der Waals surface area contributed by atoms with E-state index in [0.717, 1.165) is 106 Å². The van der Waals surface area contributed by atoms with Crippen molar-refractivity contribution in [2.75, 3.05) is 99.8 Å². The highest BCUT2D eigenvalue weighted by Gasteiger charge is 2.67. The number of piperidine rings is 1. The molecule has 0 aromatic heterocycles. The van der Waals surface area contributed by atoms with Gasteiger partial charge in [-0.05, 0) is 154 Å². The number of imide groups is 2. The molecular formula is C65H80F3N9O9S3. The van der Waals surface area contributed by atoms with Crippen LogP contribution >= 0.6 is 11.8 Å². The molecule has 4 heterocycles. The number of nitrogens with one attached hydrogen (secondary N) is 4. The van der Waals surface area contributed by atoms with Crippen molar-refractivity contribution in [1.82, 2.24) is 29.6 Å². The van der Waals surface area contributed by atoms with Crippen LogP contribution < -0.4 is 25.6 Å². The number of carbonyl (C=O) groups is 5. The monoisotopic (exact) mass is 1280 g/mol. The number of benzene rings is 4. The van der Waals surface area contributed by atoms with Gasteiger partial charge in [-0.2, -0.15) is 13.2 Å². The molecule has 0 radical (unpaired) electrons. The summed E-state index contributed by atoms with van der Waals surface area (Å²) < 4.78 is 99.9. The number of nitrogens with zero attached hydrogens (tertiary/aromatic N) is 5. The van der Waals surface area contributed by atoms with Gasteiger partial charge in [-0.3, -0.25) is 39.1 Å². The molecule has 0 spiro atoms. The van der Waals surface area contributed by atoms with E-state index < -0.39 is 82.5 Å². The number of allylic oxidation sites excluding steroid dienone is 1. The highest BCUT2D eigenvalue weighted by Crippen LogP contribution is 2.77. The second-order valence-electron chi connectivity index (χ2n) is 26.5. The molecule has 4 aliphatic heterocycles. The summed E-state index contributed by atoms with van der Waals surface area (Å²) in [5.74, 6) is -2.94. The number of carbonyl (C=O) groups excluding carboxylic acids is 5. The van der Waals surface area contributed by atoms with Crippen LogP contribution in [-0.4, -0.2) is 168 Å². The minimum absolute atomic E-state index is 0.00102. The predicted octanol–water partition coefficient (Wildman–Crippen LogP) is 9.18. The van der Waals surface area contributed by atoms with Gasteiger partial charge < -0.3 is 25.3 Å². The number of amides is 5. The van der Waals surface area contributed by atoms with Crippen LogP contribution in [0.15, 0.2) is 117 Å². The van der Waals surface area contributed by atoms with Crippen LogP contribution in [0.4, 0.5) is 30.2 Å². The molecule has 4 aromatic rings. The Morgan fingerprint density at radius 2 is 1.44 bits per heavy atom. The lowest BCUT2D eigenvalue weighted by atomic mass is 9.33. The van der Waals surface area contributed by atoms with Gasteiger partial charge in [-0.25, -0.2) is 21.6 Å². The molecular weight excluding hydrogens is 1200 g/mol. The normalized spacial score (nSPS) is 23.8. The number of thioether (sulfide) groups is 1. The summed E-state index contributed by atoms with van der Waals surface area (Å²) in [7, 11) is -11.0. The molecule has 18 nitrogen and oxygen atoms in total. The van der Waals surface area contributed by atoms with E-state index in [0.29, 0.717) is 66.4 Å². The van der Waals surface area contributed by atoms with Crippen molar-refractivity contribution in [2.24, 2.45) is 16.2 Å². The number of hydrogen-bond acceptors (Lipinski definition) is 16. The van der Waals surface area contributed by atoms with E-state index in [4.69, 9.17) is 0 Å². The van der Waals surface area contributed by atoms with Crippen molar-refractivity contribution in [3.63, 3.8) is 0 Å². The van der Waals surface area contributed by atoms with Crippen LogP contribution in [0.1, 0.15) is 129 Å². The third-order valence-corrected chi connectivity index (χ3v) is 23.3. The summed E-state index contributed by atoms with van der Waals surface area (Å²) in [6, 6.07) is 21.7.